The Bertz CT molecular complexity index is 682. The predicted molar refractivity (Wildman–Crippen MR) is 130 cm³/mol. The summed E-state index contributed by atoms with van der Waals surface area (Å²) in [7, 11) is 1.79. The van der Waals surface area contributed by atoms with Crippen molar-refractivity contribution in [3.63, 3.8) is 0 Å². The van der Waals surface area contributed by atoms with Crippen molar-refractivity contribution in [2.45, 2.75) is 38.7 Å². The molecule has 0 aliphatic carbocycles. The molecule has 2 saturated heterocycles. The number of benzene rings is 1. The second-order valence-electron chi connectivity index (χ2n) is 7.86. The molecule has 2 aliphatic rings. The molecular formula is C22H35IN4O3. The van der Waals surface area contributed by atoms with Crippen LogP contribution in [0, 0.1) is 0 Å². The summed E-state index contributed by atoms with van der Waals surface area (Å²) in [6, 6.07) is 8.27. The SMILES string of the molecule is CN=C(NCCOc1ccc(C(C)C)cc1)N1CCN(C(=O)C2CCCO2)CC1.I. The van der Waals surface area contributed by atoms with E-state index in [-0.39, 0.29) is 36.0 Å². The van der Waals surface area contributed by atoms with E-state index in [1.165, 1.54) is 5.56 Å². The molecule has 168 valence electrons. The van der Waals surface area contributed by atoms with Crippen LogP contribution in [0.4, 0.5) is 0 Å². The van der Waals surface area contributed by atoms with Crippen molar-refractivity contribution in [3.8, 4) is 5.75 Å². The van der Waals surface area contributed by atoms with Crippen molar-refractivity contribution < 1.29 is 14.3 Å². The highest BCUT2D eigenvalue weighted by molar-refractivity contribution is 14.0. The van der Waals surface area contributed by atoms with E-state index < -0.39 is 0 Å². The van der Waals surface area contributed by atoms with Crippen LogP contribution in [-0.4, -0.2) is 80.8 Å². The summed E-state index contributed by atoms with van der Waals surface area (Å²) in [5, 5.41) is 3.36. The monoisotopic (exact) mass is 530 g/mol. The van der Waals surface area contributed by atoms with E-state index >= 15 is 0 Å². The molecule has 30 heavy (non-hydrogen) atoms. The standard InChI is InChI=1S/C22H34N4O3.HI/c1-17(2)18-6-8-19(9-7-18)28-16-10-24-22(23-3)26-13-11-25(12-14-26)21(27)20-5-4-15-29-20;/h6-9,17,20H,4-5,10-16H2,1-3H3,(H,23,24);1H. The minimum absolute atomic E-state index is 0. The molecule has 2 aliphatic heterocycles. The Morgan fingerprint density at radius 1 is 1.20 bits per heavy atom. The van der Waals surface area contributed by atoms with Crippen LogP contribution < -0.4 is 10.1 Å². The first-order valence-electron chi connectivity index (χ1n) is 10.7. The minimum Gasteiger partial charge on any atom is -0.492 e. The number of nitrogens with one attached hydrogen (secondary N) is 1. The number of halogens is 1. The summed E-state index contributed by atoms with van der Waals surface area (Å²) >= 11 is 0. The summed E-state index contributed by atoms with van der Waals surface area (Å²) in [5.41, 5.74) is 1.31. The topological polar surface area (TPSA) is 66.4 Å². The minimum atomic E-state index is -0.231. The van der Waals surface area contributed by atoms with Crippen molar-refractivity contribution in [3.05, 3.63) is 29.8 Å². The molecule has 1 amide bonds. The molecule has 0 bridgehead atoms. The van der Waals surface area contributed by atoms with Gasteiger partial charge in [0.1, 0.15) is 18.5 Å². The lowest BCUT2D eigenvalue weighted by Crippen LogP contribution is -2.55. The average Bonchev–Trinajstić information content (AvgIpc) is 3.29. The zero-order valence-corrected chi connectivity index (χ0v) is 20.6. The number of ether oxygens (including phenoxy) is 2. The summed E-state index contributed by atoms with van der Waals surface area (Å²) in [4.78, 5) is 21.0. The third-order valence-corrected chi connectivity index (χ3v) is 5.51. The van der Waals surface area contributed by atoms with Crippen LogP contribution in [0.1, 0.15) is 38.2 Å². The zero-order chi connectivity index (χ0) is 20.6. The number of aliphatic imine (C=N–C) groups is 1. The van der Waals surface area contributed by atoms with Crippen LogP contribution in [0.3, 0.4) is 0 Å². The fourth-order valence-electron chi connectivity index (χ4n) is 3.73. The van der Waals surface area contributed by atoms with Crippen molar-refractivity contribution in [2.75, 3.05) is 53.0 Å². The number of hydrogen-bond donors (Lipinski definition) is 1. The van der Waals surface area contributed by atoms with Crippen LogP contribution in [0.5, 0.6) is 5.75 Å². The molecule has 8 heteroatoms. The third kappa shape index (κ3) is 6.73. The number of piperazine rings is 1. The lowest BCUT2D eigenvalue weighted by Gasteiger charge is -2.37. The van der Waals surface area contributed by atoms with Gasteiger partial charge in [0, 0.05) is 39.8 Å². The number of guanidine groups is 1. The van der Waals surface area contributed by atoms with Gasteiger partial charge in [-0.15, -0.1) is 24.0 Å². The van der Waals surface area contributed by atoms with Gasteiger partial charge >= 0.3 is 0 Å². The second kappa shape index (κ2) is 12.3. The molecule has 3 rings (SSSR count). The number of rotatable bonds is 6. The van der Waals surface area contributed by atoms with Crippen LogP contribution in [-0.2, 0) is 9.53 Å². The second-order valence-corrected chi connectivity index (χ2v) is 7.86. The first-order chi connectivity index (χ1) is 14.1. The first kappa shape index (κ1) is 24.7. The first-order valence-corrected chi connectivity index (χ1v) is 10.7. The van der Waals surface area contributed by atoms with E-state index in [1.54, 1.807) is 7.05 Å². The van der Waals surface area contributed by atoms with Crippen LogP contribution >= 0.6 is 24.0 Å². The highest BCUT2D eigenvalue weighted by Crippen LogP contribution is 2.18. The quantitative estimate of drug-likeness (QED) is 0.265. The number of carbonyl (C=O) groups excluding carboxylic acids is 1. The van der Waals surface area contributed by atoms with E-state index in [1.807, 2.05) is 17.0 Å². The van der Waals surface area contributed by atoms with Crippen LogP contribution in [0.25, 0.3) is 0 Å². The smallest absolute Gasteiger partial charge is 0.251 e. The van der Waals surface area contributed by atoms with Gasteiger partial charge in [0.25, 0.3) is 5.91 Å². The summed E-state index contributed by atoms with van der Waals surface area (Å²) in [6.45, 7) is 9.27. The molecule has 1 aromatic carbocycles. The lowest BCUT2D eigenvalue weighted by molar-refractivity contribution is -0.142. The van der Waals surface area contributed by atoms with Gasteiger partial charge < -0.3 is 24.6 Å². The van der Waals surface area contributed by atoms with Gasteiger partial charge in [-0.1, -0.05) is 26.0 Å². The van der Waals surface area contributed by atoms with E-state index in [4.69, 9.17) is 9.47 Å². The van der Waals surface area contributed by atoms with Crippen LogP contribution in [0.2, 0.25) is 0 Å². The molecule has 1 unspecified atom stereocenters. The summed E-state index contributed by atoms with van der Waals surface area (Å²) in [6.07, 6.45) is 1.60. The maximum atomic E-state index is 12.5. The Labute approximate surface area is 197 Å². The molecule has 1 N–H and O–H groups in total. The van der Waals surface area contributed by atoms with E-state index in [9.17, 15) is 4.79 Å². The number of carbonyl (C=O) groups is 1. The van der Waals surface area contributed by atoms with E-state index in [0.29, 0.717) is 38.8 Å². The molecule has 2 fully saturated rings. The Morgan fingerprint density at radius 2 is 1.87 bits per heavy atom. The fourth-order valence-corrected chi connectivity index (χ4v) is 3.73. The molecule has 0 saturated carbocycles. The Hall–Kier alpha value is -1.55. The van der Waals surface area contributed by atoms with Gasteiger partial charge in [-0.05, 0) is 36.5 Å². The Morgan fingerprint density at radius 3 is 2.43 bits per heavy atom. The number of hydrogen-bond acceptors (Lipinski definition) is 4. The summed E-state index contributed by atoms with van der Waals surface area (Å²) in [5.74, 6) is 2.40. The van der Waals surface area contributed by atoms with Crippen LogP contribution in [0.15, 0.2) is 29.3 Å². The van der Waals surface area contributed by atoms with Crippen molar-refractivity contribution in [1.82, 2.24) is 15.1 Å². The number of amides is 1. The molecule has 0 spiro atoms. The molecular weight excluding hydrogens is 495 g/mol. The Kier molecular flexibility index (Phi) is 10.2. The fraction of sp³-hybridized carbons (Fsp3) is 0.636. The molecule has 0 aromatic heterocycles. The lowest BCUT2D eigenvalue weighted by atomic mass is 10.0. The molecule has 1 atom stereocenters. The third-order valence-electron chi connectivity index (χ3n) is 5.51. The van der Waals surface area contributed by atoms with Crippen molar-refractivity contribution in [1.29, 1.82) is 0 Å². The molecule has 2 heterocycles. The largest absolute Gasteiger partial charge is 0.492 e. The molecule has 7 nitrogen and oxygen atoms in total. The van der Waals surface area contributed by atoms with E-state index in [0.717, 1.165) is 37.6 Å². The van der Waals surface area contributed by atoms with Gasteiger partial charge in [0.15, 0.2) is 5.96 Å². The van der Waals surface area contributed by atoms with Gasteiger partial charge in [-0.2, -0.15) is 0 Å². The van der Waals surface area contributed by atoms with Crippen molar-refractivity contribution in [2.24, 2.45) is 4.99 Å². The molecule has 0 radical (unpaired) electrons. The average molecular weight is 530 g/mol. The number of nitrogens with zero attached hydrogens (tertiary/aromatic N) is 3. The van der Waals surface area contributed by atoms with E-state index in [2.05, 4.69) is 41.2 Å². The van der Waals surface area contributed by atoms with Gasteiger partial charge in [-0.25, -0.2) is 0 Å². The maximum absolute atomic E-state index is 12.5. The zero-order valence-electron chi connectivity index (χ0n) is 18.3. The normalized spacial score (nSPS) is 19.6. The van der Waals surface area contributed by atoms with Crippen molar-refractivity contribution >= 4 is 35.8 Å². The summed E-state index contributed by atoms with van der Waals surface area (Å²) < 4.78 is 11.4. The maximum Gasteiger partial charge on any atom is 0.251 e. The Balaban J connectivity index is 0.00000320. The van der Waals surface area contributed by atoms with Gasteiger partial charge in [-0.3, -0.25) is 9.79 Å². The van der Waals surface area contributed by atoms with Gasteiger partial charge in [0.05, 0.1) is 6.54 Å². The predicted octanol–water partition coefficient (Wildman–Crippen LogP) is 2.71. The van der Waals surface area contributed by atoms with Gasteiger partial charge in [0.2, 0.25) is 0 Å². The highest BCUT2D eigenvalue weighted by atomic mass is 127. The highest BCUT2D eigenvalue weighted by Gasteiger charge is 2.30. The molecule has 1 aromatic rings.